The van der Waals surface area contributed by atoms with E-state index >= 15 is 0 Å². The molecule has 0 aromatic rings. The van der Waals surface area contributed by atoms with Crippen LogP contribution in [0.3, 0.4) is 0 Å². The van der Waals surface area contributed by atoms with E-state index in [1.807, 2.05) is 0 Å². The van der Waals surface area contributed by atoms with E-state index in [-0.39, 0.29) is 25.0 Å². The molecule has 0 aromatic heterocycles. The van der Waals surface area contributed by atoms with Gasteiger partial charge in [-0.1, -0.05) is 12.8 Å². The van der Waals surface area contributed by atoms with Crippen molar-refractivity contribution in [2.45, 2.75) is 44.2 Å². The SMILES string of the molecule is N[C@@H](CCNC(=O)NC1CCCC1)C(=O)O. The number of carboxylic acids is 1. The normalized spacial score (nSPS) is 18.1. The van der Waals surface area contributed by atoms with Gasteiger partial charge in [0, 0.05) is 12.6 Å². The number of aliphatic carboxylic acids is 1. The third-order valence-electron chi connectivity index (χ3n) is 2.75. The van der Waals surface area contributed by atoms with Crippen LogP contribution < -0.4 is 16.4 Å². The summed E-state index contributed by atoms with van der Waals surface area (Å²) in [6, 6.07) is -0.871. The van der Waals surface area contributed by atoms with Crippen molar-refractivity contribution in [3.8, 4) is 0 Å². The van der Waals surface area contributed by atoms with Gasteiger partial charge in [0.25, 0.3) is 0 Å². The lowest BCUT2D eigenvalue weighted by molar-refractivity contribution is -0.138. The Kier molecular flexibility index (Phi) is 5.04. The summed E-state index contributed by atoms with van der Waals surface area (Å²) in [4.78, 5) is 21.7. The molecule has 6 heteroatoms. The summed E-state index contributed by atoms with van der Waals surface area (Å²) in [6.07, 6.45) is 4.63. The first kappa shape index (κ1) is 12.8. The van der Waals surface area contributed by atoms with Crippen LogP contribution in [0.15, 0.2) is 0 Å². The summed E-state index contributed by atoms with van der Waals surface area (Å²) >= 11 is 0. The summed E-state index contributed by atoms with van der Waals surface area (Å²) in [5.41, 5.74) is 5.30. The quantitative estimate of drug-likeness (QED) is 0.534. The second-order valence-electron chi connectivity index (χ2n) is 4.12. The Morgan fingerprint density at radius 2 is 2.00 bits per heavy atom. The number of carbonyl (C=O) groups is 2. The predicted molar refractivity (Wildman–Crippen MR) is 59.0 cm³/mol. The van der Waals surface area contributed by atoms with Gasteiger partial charge in [-0.15, -0.1) is 0 Å². The van der Waals surface area contributed by atoms with Crippen molar-refractivity contribution in [3.63, 3.8) is 0 Å². The van der Waals surface area contributed by atoms with Crippen LogP contribution in [-0.2, 0) is 4.79 Å². The Morgan fingerprint density at radius 3 is 2.56 bits per heavy atom. The van der Waals surface area contributed by atoms with E-state index in [9.17, 15) is 9.59 Å². The Bertz CT molecular complexity index is 252. The molecule has 6 nitrogen and oxygen atoms in total. The van der Waals surface area contributed by atoms with Gasteiger partial charge in [-0.05, 0) is 19.3 Å². The fourth-order valence-corrected chi connectivity index (χ4v) is 1.77. The number of nitrogens with one attached hydrogen (secondary N) is 2. The molecule has 1 saturated carbocycles. The fraction of sp³-hybridized carbons (Fsp3) is 0.800. The number of carbonyl (C=O) groups excluding carboxylic acids is 1. The zero-order valence-corrected chi connectivity index (χ0v) is 9.24. The molecule has 0 unspecified atom stereocenters. The van der Waals surface area contributed by atoms with Crippen molar-refractivity contribution >= 4 is 12.0 Å². The third kappa shape index (κ3) is 4.48. The largest absolute Gasteiger partial charge is 0.480 e. The van der Waals surface area contributed by atoms with Crippen molar-refractivity contribution in [1.82, 2.24) is 10.6 Å². The molecule has 0 radical (unpaired) electrons. The van der Waals surface area contributed by atoms with E-state index in [0.29, 0.717) is 0 Å². The van der Waals surface area contributed by atoms with E-state index in [2.05, 4.69) is 10.6 Å². The van der Waals surface area contributed by atoms with Crippen molar-refractivity contribution in [2.75, 3.05) is 6.54 Å². The minimum absolute atomic E-state index is 0.232. The standard InChI is InChI=1S/C10H19N3O3/c11-8(9(14)15)5-6-12-10(16)13-7-3-1-2-4-7/h7-8H,1-6,11H2,(H,14,15)(H2,12,13,16)/t8-/m0/s1. The second kappa shape index (κ2) is 6.32. The van der Waals surface area contributed by atoms with Crippen LogP contribution in [0.25, 0.3) is 0 Å². The van der Waals surface area contributed by atoms with E-state index in [1.54, 1.807) is 0 Å². The molecule has 0 aromatic carbocycles. The van der Waals surface area contributed by atoms with Gasteiger partial charge < -0.3 is 21.5 Å². The summed E-state index contributed by atoms with van der Waals surface area (Å²) in [5.74, 6) is -1.04. The summed E-state index contributed by atoms with van der Waals surface area (Å²) in [5, 5.41) is 14.0. The van der Waals surface area contributed by atoms with E-state index < -0.39 is 12.0 Å². The van der Waals surface area contributed by atoms with Crippen LogP contribution >= 0.6 is 0 Å². The lowest BCUT2D eigenvalue weighted by atomic mass is 10.2. The van der Waals surface area contributed by atoms with Crippen LogP contribution in [0.4, 0.5) is 4.79 Å². The summed E-state index contributed by atoms with van der Waals surface area (Å²) < 4.78 is 0. The van der Waals surface area contributed by atoms with Crippen LogP contribution in [-0.4, -0.2) is 35.7 Å². The second-order valence-corrected chi connectivity index (χ2v) is 4.12. The van der Waals surface area contributed by atoms with Crippen molar-refractivity contribution in [1.29, 1.82) is 0 Å². The minimum atomic E-state index is -1.04. The highest BCUT2D eigenvalue weighted by molar-refractivity contribution is 5.75. The number of hydrogen-bond acceptors (Lipinski definition) is 3. The average Bonchev–Trinajstić information content (AvgIpc) is 2.70. The molecule has 1 aliphatic carbocycles. The van der Waals surface area contributed by atoms with Gasteiger partial charge in [-0.2, -0.15) is 0 Å². The lowest BCUT2D eigenvalue weighted by Crippen LogP contribution is -2.43. The van der Waals surface area contributed by atoms with Crippen molar-refractivity contribution < 1.29 is 14.7 Å². The first-order chi connectivity index (χ1) is 7.59. The van der Waals surface area contributed by atoms with Crippen LogP contribution in [0.2, 0.25) is 0 Å². The molecule has 0 aliphatic heterocycles. The molecular weight excluding hydrogens is 210 g/mol. The van der Waals surface area contributed by atoms with Gasteiger partial charge in [0.1, 0.15) is 6.04 Å². The monoisotopic (exact) mass is 229 g/mol. The molecule has 0 bridgehead atoms. The molecule has 1 atom stereocenters. The molecule has 1 aliphatic rings. The molecule has 1 rings (SSSR count). The zero-order valence-electron chi connectivity index (χ0n) is 9.24. The Hall–Kier alpha value is -1.30. The Morgan fingerprint density at radius 1 is 1.38 bits per heavy atom. The maximum Gasteiger partial charge on any atom is 0.320 e. The van der Waals surface area contributed by atoms with Gasteiger partial charge in [0.15, 0.2) is 0 Å². The highest BCUT2D eigenvalue weighted by atomic mass is 16.4. The number of nitrogens with two attached hydrogens (primary N) is 1. The number of urea groups is 1. The summed E-state index contributed by atoms with van der Waals surface area (Å²) in [7, 11) is 0. The predicted octanol–water partition coefficient (Wildman–Crippen LogP) is 0.0302. The summed E-state index contributed by atoms with van der Waals surface area (Å²) in [6.45, 7) is 0.284. The van der Waals surface area contributed by atoms with E-state index in [1.165, 1.54) is 0 Å². The van der Waals surface area contributed by atoms with Crippen molar-refractivity contribution in [2.24, 2.45) is 5.73 Å². The molecule has 0 spiro atoms. The van der Waals surface area contributed by atoms with E-state index in [0.717, 1.165) is 25.7 Å². The molecule has 16 heavy (non-hydrogen) atoms. The fourth-order valence-electron chi connectivity index (χ4n) is 1.77. The topological polar surface area (TPSA) is 104 Å². The van der Waals surface area contributed by atoms with Gasteiger partial charge in [-0.25, -0.2) is 4.79 Å². The maximum absolute atomic E-state index is 11.3. The number of hydrogen-bond donors (Lipinski definition) is 4. The molecular formula is C10H19N3O3. The zero-order chi connectivity index (χ0) is 12.0. The third-order valence-corrected chi connectivity index (χ3v) is 2.75. The molecule has 0 saturated heterocycles. The highest BCUT2D eigenvalue weighted by Gasteiger charge is 2.17. The maximum atomic E-state index is 11.3. The van der Waals surface area contributed by atoms with Crippen molar-refractivity contribution in [3.05, 3.63) is 0 Å². The van der Waals surface area contributed by atoms with Gasteiger partial charge in [-0.3, -0.25) is 4.79 Å². The lowest BCUT2D eigenvalue weighted by Gasteiger charge is -2.13. The van der Waals surface area contributed by atoms with Gasteiger partial charge in [0.05, 0.1) is 0 Å². The van der Waals surface area contributed by atoms with Gasteiger partial charge in [0.2, 0.25) is 0 Å². The molecule has 0 heterocycles. The molecule has 1 fully saturated rings. The number of amides is 2. The number of rotatable bonds is 5. The minimum Gasteiger partial charge on any atom is -0.480 e. The van der Waals surface area contributed by atoms with Crippen LogP contribution in [0, 0.1) is 0 Å². The highest BCUT2D eigenvalue weighted by Crippen LogP contribution is 2.17. The number of carboxylic acid groups (broad SMARTS) is 1. The van der Waals surface area contributed by atoms with Crippen LogP contribution in [0.1, 0.15) is 32.1 Å². The first-order valence-electron chi connectivity index (χ1n) is 5.62. The molecule has 92 valence electrons. The van der Waals surface area contributed by atoms with Crippen LogP contribution in [0.5, 0.6) is 0 Å². The average molecular weight is 229 g/mol. The van der Waals surface area contributed by atoms with E-state index in [4.69, 9.17) is 10.8 Å². The first-order valence-corrected chi connectivity index (χ1v) is 5.62. The molecule has 5 N–H and O–H groups in total. The molecule has 2 amide bonds. The smallest absolute Gasteiger partial charge is 0.320 e. The van der Waals surface area contributed by atoms with Gasteiger partial charge >= 0.3 is 12.0 Å². The Labute approximate surface area is 94.6 Å². The Balaban J connectivity index is 2.08.